The van der Waals surface area contributed by atoms with Crippen molar-refractivity contribution in [1.82, 2.24) is 9.97 Å². The van der Waals surface area contributed by atoms with Crippen LogP contribution in [0, 0.1) is 0 Å². The van der Waals surface area contributed by atoms with Crippen LogP contribution in [0.5, 0.6) is 5.75 Å². The number of aryl methyl sites for hydroxylation is 1. The van der Waals surface area contributed by atoms with E-state index in [0.717, 1.165) is 66.3 Å². The average Bonchev–Trinajstić information content (AvgIpc) is 3.46. The van der Waals surface area contributed by atoms with Crippen molar-refractivity contribution in [2.24, 2.45) is 0 Å². The summed E-state index contributed by atoms with van der Waals surface area (Å²) in [6, 6.07) is 7.99. The van der Waals surface area contributed by atoms with Gasteiger partial charge < -0.3 is 19.2 Å². The Morgan fingerprint density at radius 3 is 2.59 bits per heavy atom. The summed E-state index contributed by atoms with van der Waals surface area (Å²) in [5.74, 6) is 2.49. The predicted octanol–water partition coefficient (Wildman–Crippen LogP) is 6.44. The number of fused-ring (bicyclic) bond motifs is 1. The van der Waals surface area contributed by atoms with E-state index in [1.807, 2.05) is 32.0 Å². The molecule has 0 saturated carbocycles. The van der Waals surface area contributed by atoms with E-state index in [9.17, 15) is 0 Å². The van der Waals surface area contributed by atoms with Crippen LogP contribution in [0.25, 0.3) is 22.2 Å². The topological polar surface area (TPSA) is 69.4 Å². The van der Waals surface area contributed by atoms with Crippen LogP contribution in [0.3, 0.4) is 0 Å². The van der Waals surface area contributed by atoms with E-state index in [1.54, 1.807) is 25.6 Å². The van der Waals surface area contributed by atoms with Crippen LogP contribution in [0.15, 0.2) is 60.3 Å². The summed E-state index contributed by atoms with van der Waals surface area (Å²) in [5.41, 5.74) is 2.66. The zero-order chi connectivity index (χ0) is 23.3. The highest BCUT2D eigenvalue weighted by atomic mass is 16.5. The molecule has 32 heavy (non-hydrogen) atoms. The summed E-state index contributed by atoms with van der Waals surface area (Å²) in [7, 11) is 1.67. The van der Waals surface area contributed by atoms with Crippen LogP contribution >= 0.6 is 0 Å². The van der Waals surface area contributed by atoms with Gasteiger partial charge in [-0.1, -0.05) is 31.2 Å². The molecule has 3 heterocycles. The third-order valence-corrected chi connectivity index (χ3v) is 4.76. The Bertz CT molecular complexity index is 985. The van der Waals surface area contributed by atoms with Crippen LogP contribution in [-0.4, -0.2) is 36.3 Å². The highest BCUT2D eigenvalue weighted by Gasteiger charge is 2.21. The minimum absolute atomic E-state index is 0.234. The third-order valence-electron chi connectivity index (χ3n) is 4.76. The molecule has 1 aliphatic heterocycles. The lowest BCUT2D eigenvalue weighted by atomic mass is 10.0. The van der Waals surface area contributed by atoms with E-state index in [2.05, 4.69) is 41.4 Å². The van der Waals surface area contributed by atoms with Crippen molar-refractivity contribution in [2.75, 3.05) is 25.6 Å². The van der Waals surface area contributed by atoms with Crippen LogP contribution in [0.1, 0.15) is 39.4 Å². The lowest BCUT2D eigenvalue weighted by molar-refractivity contribution is 0.120. The van der Waals surface area contributed by atoms with Gasteiger partial charge in [-0.2, -0.15) is 0 Å². The van der Waals surface area contributed by atoms with Gasteiger partial charge in [-0.25, -0.2) is 9.97 Å². The van der Waals surface area contributed by atoms with Crippen molar-refractivity contribution < 1.29 is 13.9 Å². The molecule has 3 aromatic rings. The molecule has 2 aromatic heterocycles. The molecule has 4 rings (SSSR count). The number of furan rings is 1. The molecule has 6 nitrogen and oxygen atoms in total. The highest BCUT2D eigenvalue weighted by molar-refractivity contribution is 6.01. The number of benzene rings is 1. The Kier molecular flexibility index (Phi) is 10.5. The fraction of sp³-hybridized carbons (Fsp3) is 0.385. The summed E-state index contributed by atoms with van der Waals surface area (Å²) in [6.45, 7) is 14.1. The Morgan fingerprint density at radius 1 is 1.22 bits per heavy atom. The maximum Gasteiger partial charge on any atom is 0.232 e. The number of nitrogens with one attached hydrogen (secondary N) is 1. The first-order chi connectivity index (χ1) is 15.6. The summed E-state index contributed by atoms with van der Waals surface area (Å²) < 4.78 is 17.1. The first-order valence-electron chi connectivity index (χ1n) is 11.0. The van der Waals surface area contributed by atoms with Gasteiger partial charge >= 0.3 is 0 Å². The van der Waals surface area contributed by atoms with Crippen molar-refractivity contribution in [3.8, 4) is 16.9 Å². The van der Waals surface area contributed by atoms with Gasteiger partial charge in [0.05, 0.1) is 18.6 Å². The Morgan fingerprint density at radius 2 is 1.97 bits per heavy atom. The molecular formula is C26H35N3O3. The SMILES string of the molecule is C=CC.C=CC.CCc1oc2ncnc(NCC3CCCO3)c2c1-c1cccc(OC)c1. The monoisotopic (exact) mass is 437 g/mol. The van der Waals surface area contributed by atoms with Crippen molar-refractivity contribution >= 4 is 16.9 Å². The molecule has 6 heteroatoms. The summed E-state index contributed by atoms with van der Waals surface area (Å²) >= 11 is 0. The first-order valence-corrected chi connectivity index (χ1v) is 11.0. The molecule has 1 saturated heterocycles. The largest absolute Gasteiger partial charge is 0.497 e. The van der Waals surface area contributed by atoms with Crippen molar-refractivity contribution in [3.63, 3.8) is 0 Å². The van der Waals surface area contributed by atoms with Crippen molar-refractivity contribution in [1.29, 1.82) is 0 Å². The molecule has 0 amide bonds. The Balaban J connectivity index is 0.000000547. The molecule has 1 fully saturated rings. The summed E-state index contributed by atoms with van der Waals surface area (Å²) in [4.78, 5) is 8.81. The number of rotatable bonds is 6. The smallest absolute Gasteiger partial charge is 0.232 e. The maximum absolute atomic E-state index is 6.03. The quantitative estimate of drug-likeness (QED) is 0.448. The van der Waals surface area contributed by atoms with E-state index in [4.69, 9.17) is 13.9 Å². The van der Waals surface area contributed by atoms with Gasteiger partial charge in [-0.15, -0.1) is 13.2 Å². The van der Waals surface area contributed by atoms with E-state index in [0.29, 0.717) is 5.71 Å². The van der Waals surface area contributed by atoms with Crippen LogP contribution < -0.4 is 10.1 Å². The first kappa shape index (κ1) is 25.1. The number of allylic oxidation sites excluding steroid dienone is 2. The summed E-state index contributed by atoms with van der Waals surface area (Å²) in [6.07, 6.45) is 8.24. The molecule has 1 N–H and O–H groups in total. The molecule has 172 valence electrons. The van der Waals surface area contributed by atoms with Crippen molar-refractivity contribution in [2.45, 2.75) is 46.1 Å². The molecule has 1 atom stereocenters. The number of anilines is 1. The second kappa shape index (κ2) is 13.3. The molecule has 0 aliphatic carbocycles. The number of methoxy groups -OCH3 is 1. The molecule has 0 radical (unpaired) electrons. The van der Waals surface area contributed by atoms with Gasteiger partial charge in [-0.3, -0.25) is 0 Å². The summed E-state index contributed by atoms with van der Waals surface area (Å²) in [5, 5.41) is 4.35. The number of hydrogen-bond acceptors (Lipinski definition) is 6. The van der Waals surface area contributed by atoms with Crippen LogP contribution in [0.4, 0.5) is 5.82 Å². The number of nitrogens with zero attached hydrogens (tertiary/aromatic N) is 2. The van der Waals surface area contributed by atoms with Gasteiger partial charge in [-0.05, 0) is 44.4 Å². The van der Waals surface area contributed by atoms with Gasteiger partial charge in [0, 0.05) is 25.1 Å². The maximum atomic E-state index is 6.03. The minimum atomic E-state index is 0.234. The molecule has 1 aromatic carbocycles. The van der Waals surface area contributed by atoms with E-state index >= 15 is 0 Å². The van der Waals surface area contributed by atoms with Gasteiger partial charge in [0.1, 0.15) is 23.7 Å². The fourth-order valence-electron chi connectivity index (χ4n) is 3.46. The van der Waals surface area contributed by atoms with Crippen LogP contribution in [-0.2, 0) is 11.2 Å². The predicted molar refractivity (Wildman–Crippen MR) is 132 cm³/mol. The molecular weight excluding hydrogens is 402 g/mol. The second-order valence-electron chi connectivity index (χ2n) is 7.22. The third kappa shape index (κ3) is 6.44. The van der Waals surface area contributed by atoms with E-state index in [1.165, 1.54) is 0 Å². The Hall–Kier alpha value is -3.12. The molecule has 0 spiro atoms. The lowest BCUT2D eigenvalue weighted by Crippen LogP contribution is -2.19. The van der Waals surface area contributed by atoms with Crippen molar-refractivity contribution in [3.05, 3.63) is 61.7 Å². The fourth-order valence-corrected chi connectivity index (χ4v) is 3.46. The highest BCUT2D eigenvalue weighted by Crippen LogP contribution is 2.38. The van der Waals surface area contributed by atoms with Gasteiger partial charge in [0.15, 0.2) is 0 Å². The minimum Gasteiger partial charge on any atom is -0.497 e. The number of hydrogen-bond donors (Lipinski definition) is 1. The zero-order valence-corrected chi connectivity index (χ0v) is 19.7. The van der Waals surface area contributed by atoms with E-state index in [-0.39, 0.29) is 6.10 Å². The van der Waals surface area contributed by atoms with Gasteiger partial charge in [0.2, 0.25) is 5.71 Å². The molecule has 0 bridgehead atoms. The lowest BCUT2D eigenvalue weighted by Gasteiger charge is -2.12. The van der Waals surface area contributed by atoms with E-state index < -0.39 is 0 Å². The number of aromatic nitrogens is 2. The standard InChI is InChI=1S/C20H23N3O3.2C3H6/c1-3-16-17(13-6-4-7-14(10-13)24-2)18-19(22-12-23-20(18)26-16)21-11-15-8-5-9-25-15;2*1-3-2/h4,6-7,10,12,15H,3,5,8-9,11H2,1-2H3,(H,21,22,23);2*3H,1H2,2H3. The molecule has 1 unspecified atom stereocenters. The molecule has 1 aliphatic rings. The Labute approximate surface area is 191 Å². The number of ether oxygens (including phenoxy) is 2. The normalized spacial score (nSPS) is 14.6. The second-order valence-corrected chi connectivity index (χ2v) is 7.22. The average molecular weight is 438 g/mol. The van der Waals surface area contributed by atoms with Gasteiger partial charge in [0.25, 0.3) is 0 Å². The zero-order valence-electron chi connectivity index (χ0n) is 19.7. The van der Waals surface area contributed by atoms with Crippen LogP contribution in [0.2, 0.25) is 0 Å².